The first kappa shape index (κ1) is 23.1. The molecule has 0 aliphatic heterocycles. The molecule has 0 amide bonds. The fourth-order valence-corrected chi connectivity index (χ4v) is 4.21. The Labute approximate surface area is 178 Å². The minimum atomic E-state index is -0.771. The summed E-state index contributed by atoms with van der Waals surface area (Å²) in [4.78, 5) is 12.3. The van der Waals surface area contributed by atoms with E-state index in [-0.39, 0.29) is 0 Å². The fraction of sp³-hybridized carbons (Fsp3) is 0.458. The van der Waals surface area contributed by atoms with Gasteiger partial charge in [0.1, 0.15) is 11.5 Å². The Morgan fingerprint density at radius 2 is 1.76 bits per heavy atom. The Bertz CT molecular complexity index is 841. The number of carboxylic acids is 1. The van der Waals surface area contributed by atoms with Crippen LogP contribution in [0.15, 0.2) is 35.2 Å². The van der Waals surface area contributed by atoms with Gasteiger partial charge in [-0.2, -0.15) is 0 Å². The summed E-state index contributed by atoms with van der Waals surface area (Å²) in [6, 6.07) is 10.2. The molecular formula is C24H32O4S. The van der Waals surface area contributed by atoms with Gasteiger partial charge in [0.25, 0.3) is 0 Å². The molecule has 158 valence electrons. The van der Waals surface area contributed by atoms with E-state index >= 15 is 0 Å². The molecule has 0 heterocycles. The smallest absolute Gasteiger partial charge is 0.309 e. The van der Waals surface area contributed by atoms with Gasteiger partial charge >= 0.3 is 5.97 Å². The second-order valence-electron chi connectivity index (χ2n) is 8.17. The van der Waals surface area contributed by atoms with E-state index in [4.69, 9.17) is 9.84 Å². The van der Waals surface area contributed by atoms with Crippen molar-refractivity contribution in [3.8, 4) is 11.5 Å². The van der Waals surface area contributed by atoms with Crippen molar-refractivity contribution in [2.45, 2.75) is 58.8 Å². The van der Waals surface area contributed by atoms with Crippen molar-refractivity contribution in [1.82, 2.24) is 0 Å². The van der Waals surface area contributed by atoms with Crippen LogP contribution in [0, 0.1) is 26.2 Å². The van der Waals surface area contributed by atoms with E-state index in [9.17, 15) is 9.90 Å². The minimum absolute atomic E-state index is 0.397. The summed E-state index contributed by atoms with van der Waals surface area (Å²) in [5.41, 5.74) is 3.57. The van der Waals surface area contributed by atoms with Crippen LogP contribution in [-0.4, -0.2) is 28.5 Å². The zero-order valence-corrected chi connectivity index (χ0v) is 18.9. The monoisotopic (exact) mass is 416 g/mol. The van der Waals surface area contributed by atoms with E-state index < -0.39 is 11.4 Å². The SMILES string of the molecule is Cc1cc(SCCc2ccc(OCCCC(C)(C)C(=O)O)cc2)c(C)c(C)c1O. The van der Waals surface area contributed by atoms with Gasteiger partial charge < -0.3 is 14.9 Å². The van der Waals surface area contributed by atoms with Crippen molar-refractivity contribution in [2.24, 2.45) is 5.41 Å². The second-order valence-corrected chi connectivity index (χ2v) is 9.31. The number of aryl methyl sites for hydroxylation is 2. The largest absolute Gasteiger partial charge is 0.507 e. The molecule has 0 saturated heterocycles. The molecule has 0 atom stereocenters. The molecule has 0 aromatic heterocycles. The van der Waals surface area contributed by atoms with Crippen molar-refractivity contribution in [3.05, 3.63) is 52.6 Å². The Hall–Kier alpha value is -2.14. The van der Waals surface area contributed by atoms with Crippen LogP contribution in [0.3, 0.4) is 0 Å². The molecular weight excluding hydrogens is 384 g/mol. The van der Waals surface area contributed by atoms with Crippen molar-refractivity contribution in [2.75, 3.05) is 12.4 Å². The van der Waals surface area contributed by atoms with E-state index in [1.807, 2.05) is 37.7 Å². The Morgan fingerprint density at radius 3 is 2.38 bits per heavy atom. The maximum Gasteiger partial charge on any atom is 0.309 e. The third-order valence-corrected chi connectivity index (χ3v) is 6.52. The summed E-state index contributed by atoms with van der Waals surface area (Å²) in [6.45, 7) is 9.95. The number of carbonyl (C=O) groups is 1. The van der Waals surface area contributed by atoms with Gasteiger partial charge in [0, 0.05) is 10.6 Å². The summed E-state index contributed by atoms with van der Waals surface area (Å²) in [6.07, 6.45) is 2.26. The zero-order valence-electron chi connectivity index (χ0n) is 18.0. The topological polar surface area (TPSA) is 66.8 Å². The van der Waals surface area contributed by atoms with Gasteiger partial charge in [-0.05, 0) is 94.3 Å². The number of thioether (sulfide) groups is 1. The molecule has 0 fully saturated rings. The highest BCUT2D eigenvalue weighted by Crippen LogP contribution is 2.33. The molecule has 5 heteroatoms. The third kappa shape index (κ3) is 6.43. The van der Waals surface area contributed by atoms with Crippen LogP contribution in [0.5, 0.6) is 11.5 Å². The third-order valence-electron chi connectivity index (χ3n) is 5.37. The van der Waals surface area contributed by atoms with Gasteiger partial charge in [-0.15, -0.1) is 11.8 Å². The predicted molar refractivity (Wildman–Crippen MR) is 119 cm³/mol. The quantitative estimate of drug-likeness (QED) is 0.372. The molecule has 4 nitrogen and oxygen atoms in total. The number of carboxylic acid groups (broad SMARTS) is 1. The van der Waals surface area contributed by atoms with Crippen LogP contribution >= 0.6 is 11.8 Å². The van der Waals surface area contributed by atoms with E-state index in [1.54, 1.807) is 13.8 Å². The van der Waals surface area contributed by atoms with Gasteiger partial charge in [0.15, 0.2) is 0 Å². The minimum Gasteiger partial charge on any atom is -0.507 e. The highest BCUT2D eigenvalue weighted by molar-refractivity contribution is 7.99. The lowest BCUT2D eigenvalue weighted by atomic mass is 9.88. The van der Waals surface area contributed by atoms with E-state index in [0.29, 0.717) is 25.2 Å². The lowest BCUT2D eigenvalue weighted by Crippen LogP contribution is -2.24. The van der Waals surface area contributed by atoms with Crippen molar-refractivity contribution in [1.29, 1.82) is 0 Å². The molecule has 2 aromatic carbocycles. The first-order chi connectivity index (χ1) is 13.6. The summed E-state index contributed by atoms with van der Waals surface area (Å²) in [7, 11) is 0. The number of ether oxygens (including phenoxy) is 1. The number of hydrogen-bond donors (Lipinski definition) is 2. The Kier molecular flexibility index (Phi) is 8.03. The molecule has 0 aliphatic carbocycles. The molecule has 2 N–H and O–H groups in total. The van der Waals surface area contributed by atoms with E-state index in [1.165, 1.54) is 10.5 Å². The highest BCUT2D eigenvalue weighted by atomic mass is 32.2. The number of aromatic hydroxyl groups is 1. The lowest BCUT2D eigenvalue weighted by molar-refractivity contribution is -0.147. The normalized spacial score (nSPS) is 11.5. The number of aliphatic carboxylic acids is 1. The molecule has 2 rings (SSSR count). The van der Waals surface area contributed by atoms with E-state index in [2.05, 4.69) is 25.1 Å². The van der Waals surface area contributed by atoms with Crippen LogP contribution < -0.4 is 4.74 Å². The van der Waals surface area contributed by atoms with Gasteiger partial charge in [-0.25, -0.2) is 0 Å². The lowest BCUT2D eigenvalue weighted by Gasteiger charge is -2.18. The maximum absolute atomic E-state index is 11.1. The van der Waals surface area contributed by atoms with Crippen LogP contribution in [0.1, 0.15) is 48.9 Å². The predicted octanol–water partition coefficient (Wildman–Crippen LogP) is 5.92. The Balaban J connectivity index is 1.79. The first-order valence-corrected chi connectivity index (χ1v) is 11.0. The van der Waals surface area contributed by atoms with Gasteiger partial charge in [-0.1, -0.05) is 12.1 Å². The average Bonchev–Trinajstić information content (AvgIpc) is 2.68. The number of rotatable bonds is 10. The first-order valence-electron chi connectivity index (χ1n) is 9.99. The summed E-state index contributed by atoms with van der Waals surface area (Å²) in [5, 5.41) is 19.2. The van der Waals surface area contributed by atoms with Crippen molar-refractivity contribution >= 4 is 17.7 Å². The molecule has 0 aliphatic rings. The van der Waals surface area contributed by atoms with Crippen molar-refractivity contribution in [3.63, 3.8) is 0 Å². The fourth-order valence-electron chi connectivity index (χ4n) is 3.02. The maximum atomic E-state index is 11.1. The molecule has 0 unspecified atom stereocenters. The molecule has 0 radical (unpaired) electrons. The van der Waals surface area contributed by atoms with E-state index in [0.717, 1.165) is 34.6 Å². The molecule has 0 saturated carbocycles. The summed E-state index contributed by atoms with van der Waals surface area (Å²) < 4.78 is 5.74. The number of phenols is 1. The standard InChI is InChI=1S/C24H32O4S/c1-16-15-21(17(2)18(3)22(16)25)29-14-11-19-7-9-20(10-8-19)28-13-6-12-24(4,5)23(26)27/h7-10,15,25H,6,11-14H2,1-5H3,(H,26,27). The number of hydrogen-bond acceptors (Lipinski definition) is 4. The second kappa shape index (κ2) is 10.1. The molecule has 0 spiro atoms. The zero-order chi connectivity index (χ0) is 21.6. The van der Waals surface area contributed by atoms with Crippen LogP contribution in [0.4, 0.5) is 0 Å². The molecule has 2 aromatic rings. The number of phenolic OH excluding ortho intramolecular Hbond substituents is 1. The van der Waals surface area contributed by atoms with Crippen molar-refractivity contribution < 1.29 is 19.7 Å². The van der Waals surface area contributed by atoms with Crippen LogP contribution in [-0.2, 0) is 11.2 Å². The van der Waals surface area contributed by atoms with Gasteiger partial charge in [0.05, 0.1) is 12.0 Å². The van der Waals surface area contributed by atoms with Crippen LogP contribution in [0.25, 0.3) is 0 Å². The number of benzene rings is 2. The molecule has 0 bridgehead atoms. The molecule has 29 heavy (non-hydrogen) atoms. The van der Waals surface area contributed by atoms with Gasteiger partial charge in [-0.3, -0.25) is 4.79 Å². The average molecular weight is 417 g/mol. The van der Waals surface area contributed by atoms with Crippen LogP contribution in [0.2, 0.25) is 0 Å². The van der Waals surface area contributed by atoms with Gasteiger partial charge in [0.2, 0.25) is 0 Å². The Morgan fingerprint density at radius 1 is 1.10 bits per heavy atom. The summed E-state index contributed by atoms with van der Waals surface area (Å²) in [5.74, 6) is 1.41. The highest BCUT2D eigenvalue weighted by Gasteiger charge is 2.26. The summed E-state index contributed by atoms with van der Waals surface area (Å²) >= 11 is 1.81.